The molecule has 28 heavy (non-hydrogen) atoms. The van der Waals surface area contributed by atoms with Crippen LogP contribution in [0.15, 0.2) is 36.5 Å². The number of hydrogen-bond donors (Lipinski definition) is 1. The Morgan fingerprint density at radius 3 is 2.07 bits per heavy atom. The largest absolute Gasteiger partial charge is 0.338 e. The van der Waals surface area contributed by atoms with E-state index < -0.39 is 0 Å². The summed E-state index contributed by atoms with van der Waals surface area (Å²) >= 11 is 0. The van der Waals surface area contributed by atoms with Crippen LogP contribution in [0.5, 0.6) is 0 Å². The Balaban J connectivity index is 2.37. The van der Waals surface area contributed by atoms with Crippen molar-refractivity contribution in [1.82, 2.24) is 9.88 Å². The number of amides is 2. The van der Waals surface area contributed by atoms with Crippen molar-refractivity contribution >= 4 is 17.5 Å². The smallest absolute Gasteiger partial charge is 0.272 e. The first-order valence-electron chi connectivity index (χ1n) is 9.99. The van der Waals surface area contributed by atoms with Gasteiger partial charge >= 0.3 is 0 Å². The summed E-state index contributed by atoms with van der Waals surface area (Å²) < 4.78 is 0. The van der Waals surface area contributed by atoms with Crippen molar-refractivity contribution in [3.8, 4) is 0 Å². The molecule has 1 heterocycles. The number of nitrogens with one attached hydrogen (secondary N) is 1. The number of para-hydroxylation sites is 1. The van der Waals surface area contributed by atoms with E-state index in [1.807, 2.05) is 32.0 Å². The molecule has 0 fully saturated rings. The van der Waals surface area contributed by atoms with Gasteiger partial charge in [0.1, 0.15) is 5.69 Å². The topological polar surface area (TPSA) is 62.3 Å². The van der Waals surface area contributed by atoms with Gasteiger partial charge in [-0.25, -0.2) is 0 Å². The summed E-state index contributed by atoms with van der Waals surface area (Å²) in [6.45, 7) is 13.5. The van der Waals surface area contributed by atoms with Gasteiger partial charge in [0.25, 0.3) is 11.8 Å². The Labute approximate surface area is 168 Å². The summed E-state index contributed by atoms with van der Waals surface area (Å²) in [6, 6.07) is 9.35. The predicted octanol–water partition coefficient (Wildman–Crippen LogP) is 5.06. The monoisotopic (exact) mass is 381 g/mol. The van der Waals surface area contributed by atoms with E-state index in [4.69, 9.17) is 0 Å². The first kappa shape index (κ1) is 21.6. The normalized spacial score (nSPS) is 11.0. The lowest BCUT2D eigenvalue weighted by molar-refractivity contribution is 0.0767. The van der Waals surface area contributed by atoms with E-state index in [0.717, 1.165) is 16.8 Å². The number of carbonyl (C=O) groups excluding carboxylic acids is 2. The lowest BCUT2D eigenvalue weighted by Crippen LogP contribution is -2.31. The predicted molar refractivity (Wildman–Crippen MR) is 114 cm³/mol. The molecule has 0 saturated heterocycles. The van der Waals surface area contributed by atoms with Crippen LogP contribution in [0.4, 0.5) is 5.69 Å². The van der Waals surface area contributed by atoms with Crippen molar-refractivity contribution in [3.05, 3.63) is 58.9 Å². The van der Waals surface area contributed by atoms with Gasteiger partial charge in [-0.1, -0.05) is 45.9 Å². The number of hydrogen-bond acceptors (Lipinski definition) is 3. The van der Waals surface area contributed by atoms with E-state index >= 15 is 0 Å². The number of rotatable bonds is 7. The average Bonchev–Trinajstić information content (AvgIpc) is 2.68. The highest BCUT2D eigenvalue weighted by Crippen LogP contribution is 2.32. The fraction of sp³-hybridized carbons (Fsp3) is 0.435. The summed E-state index contributed by atoms with van der Waals surface area (Å²) in [5.74, 6) is 0.175. The summed E-state index contributed by atoms with van der Waals surface area (Å²) in [5.41, 5.74) is 3.79. The van der Waals surface area contributed by atoms with E-state index in [2.05, 4.69) is 38.0 Å². The zero-order valence-electron chi connectivity index (χ0n) is 17.7. The lowest BCUT2D eigenvalue weighted by Gasteiger charge is -2.20. The molecule has 2 rings (SSSR count). The Hall–Kier alpha value is -2.69. The summed E-state index contributed by atoms with van der Waals surface area (Å²) in [6.07, 6.45) is 1.52. The van der Waals surface area contributed by atoms with Crippen LogP contribution < -0.4 is 5.32 Å². The van der Waals surface area contributed by atoms with Gasteiger partial charge in [0.15, 0.2) is 0 Å². The molecule has 0 saturated carbocycles. The van der Waals surface area contributed by atoms with Crippen molar-refractivity contribution in [3.63, 3.8) is 0 Å². The second-order valence-corrected chi connectivity index (χ2v) is 7.48. The van der Waals surface area contributed by atoms with Crippen LogP contribution in [-0.2, 0) is 0 Å². The van der Waals surface area contributed by atoms with Gasteiger partial charge in [0.2, 0.25) is 0 Å². The fourth-order valence-corrected chi connectivity index (χ4v) is 3.24. The van der Waals surface area contributed by atoms with Gasteiger partial charge < -0.3 is 10.2 Å². The van der Waals surface area contributed by atoms with Gasteiger partial charge in [-0.15, -0.1) is 0 Å². The number of pyridine rings is 1. The number of carbonyl (C=O) groups is 2. The molecule has 0 aliphatic heterocycles. The standard InChI is InChI=1S/C23H31N3O2/c1-7-26(8-2)23(28)20-14-17(12-13-24-20)22(27)25-21-18(15(3)4)10-9-11-19(21)16(5)6/h9-16H,7-8H2,1-6H3,(H,25,27). The van der Waals surface area contributed by atoms with Crippen LogP contribution in [0.3, 0.4) is 0 Å². The lowest BCUT2D eigenvalue weighted by atomic mass is 9.92. The van der Waals surface area contributed by atoms with Crippen LogP contribution in [0.2, 0.25) is 0 Å². The third-order valence-corrected chi connectivity index (χ3v) is 4.90. The number of aromatic nitrogens is 1. The van der Waals surface area contributed by atoms with Gasteiger partial charge in [-0.05, 0) is 48.9 Å². The van der Waals surface area contributed by atoms with Gasteiger partial charge in [-0.3, -0.25) is 14.6 Å². The molecule has 0 unspecified atom stereocenters. The molecule has 1 N–H and O–H groups in total. The molecular formula is C23H31N3O2. The molecule has 1 aromatic heterocycles. The van der Waals surface area contributed by atoms with Gasteiger partial charge in [-0.2, -0.15) is 0 Å². The molecule has 5 nitrogen and oxygen atoms in total. The molecule has 2 amide bonds. The van der Waals surface area contributed by atoms with Crippen molar-refractivity contribution < 1.29 is 9.59 Å². The van der Waals surface area contributed by atoms with E-state index in [-0.39, 0.29) is 29.3 Å². The molecular weight excluding hydrogens is 350 g/mol. The maximum atomic E-state index is 13.0. The minimum Gasteiger partial charge on any atom is -0.338 e. The molecule has 0 spiro atoms. The number of anilines is 1. The van der Waals surface area contributed by atoms with Crippen LogP contribution in [0.1, 0.15) is 85.4 Å². The minimum atomic E-state index is -0.231. The Kier molecular flexibility index (Phi) is 7.32. The molecule has 5 heteroatoms. The summed E-state index contributed by atoms with van der Waals surface area (Å²) in [4.78, 5) is 31.4. The Bertz CT molecular complexity index is 813. The van der Waals surface area contributed by atoms with E-state index in [9.17, 15) is 9.59 Å². The minimum absolute atomic E-state index is 0.162. The highest BCUT2D eigenvalue weighted by atomic mass is 16.2. The van der Waals surface area contributed by atoms with Crippen molar-refractivity contribution in [2.75, 3.05) is 18.4 Å². The zero-order chi connectivity index (χ0) is 20.8. The van der Waals surface area contributed by atoms with Crippen molar-refractivity contribution in [1.29, 1.82) is 0 Å². The number of benzene rings is 1. The van der Waals surface area contributed by atoms with Crippen LogP contribution in [0, 0.1) is 0 Å². The van der Waals surface area contributed by atoms with Crippen LogP contribution in [-0.4, -0.2) is 34.8 Å². The third-order valence-electron chi connectivity index (χ3n) is 4.90. The fourth-order valence-electron chi connectivity index (χ4n) is 3.24. The molecule has 150 valence electrons. The highest BCUT2D eigenvalue weighted by Gasteiger charge is 2.19. The van der Waals surface area contributed by atoms with Crippen molar-refractivity contribution in [2.45, 2.75) is 53.4 Å². The van der Waals surface area contributed by atoms with E-state index in [1.54, 1.807) is 17.0 Å². The quantitative estimate of drug-likeness (QED) is 0.729. The molecule has 0 radical (unpaired) electrons. The molecule has 0 aliphatic carbocycles. The van der Waals surface area contributed by atoms with Gasteiger partial charge in [0, 0.05) is 30.5 Å². The van der Waals surface area contributed by atoms with E-state index in [0.29, 0.717) is 18.7 Å². The summed E-state index contributed by atoms with van der Waals surface area (Å²) in [7, 11) is 0. The third kappa shape index (κ3) is 4.77. The first-order valence-corrected chi connectivity index (χ1v) is 9.99. The van der Waals surface area contributed by atoms with Crippen LogP contribution >= 0.6 is 0 Å². The molecule has 0 bridgehead atoms. The molecule has 0 atom stereocenters. The van der Waals surface area contributed by atoms with Gasteiger partial charge in [0.05, 0.1) is 0 Å². The maximum Gasteiger partial charge on any atom is 0.272 e. The first-order chi connectivity index (χ1) is 13.3. The second kappa shape index (κ2) is 9.49. The second-order valence-electron chi connectivity index (χ2n) is 7.48. The van der Waals surface area contributed by atoms with Crippen molar-refractivity contribution in [2.24, 2.45) is 0 Å². The maximum absolute atomic E-state index is 13.0. The molecule has 2 aromatic rings. The SMILES string of the molecule is CCN(CC)C(=O)c1cc(C(=O)Nc2c(C(C)C)cccc2C(C)C)ccn1. The average molecular weight is 382 g/mol. The zero-order valence-corrected chi connectivity index (χ0v) is 17.7. The molecule has 0 aliphatic rings. The Morgan fingerprint density at radius 2 is 1.57 bits per heavy atom. The van der Waals surface area contributed by atoms with Crippen LogP contribution in [0.25, 0.3) is 0 Å². The highest BCUT2D eigenvalue weighted by molar-refractivity contribution is 6.06. The summed E-state index contributed by atoms with van der Waals surface area (Å²) in [5, 5.41) is 3.09. The number of nitrogens with zero attached hydrogens (tertiary/aromatic N) is 2. The molecule has 1 aromatic carbocycles. The Morgan fingerprint density at radius 1 is 1.00 bits per heavy atom. The van der Waals surface area contributed by atoms with E-state index in [1.165, 1.54) is 6.20 Å².